The highest BCUT2D eigenvalue weighted by atomic mass is 19.1. The highest BCUT2D eigenvalue weighted by Gasteiger charge is 2.26. The van der Waals surface area contributed by atoms with Crippen molar-refractivity contribution in [1.82, 2.24) is 0 Å². The Balaban J connectivity index is 2.03. The van der Waals surface area contributed by atoms with Gasteiger partial charge in [-0.05, 0) is 49.3 Å². The Labute approximate surface area is 107 Å². The highest BCUT2D eigenvalue weighted by Crippen LogP contribution is 2.32. The Morgan fingerprint density at radius 3 is 2.67 bits per heavy atom. The van der Waals surface area contributed by atoms with E-state index in [1.807, 2.05) is 0 Å². The molecule has 3 unspecified atom stereocenters. The van der Waals surface area contributed by atoms with E-state index in [1.165, 1.54) is 6.07 Å². The number of hydrogen-bond donors (Lipinski definition) is 0. The predicted octanol–water partition coefficient (Wildman–Crippen LogP) is 3.84. The molecule has 0 N–H and O–H groups in total. The van der Waals surface area contributed by atoms with E-state index >= 15 is 0 Å². The van der Waals surface area contributed by atoms with Gasteiger partial charge in [-0.15, -0.1) is 0 Å². The molecule has 0 saturated heterocycles. The first-order valence-electron chi connectivity index (χ1n) is 6.51. The van der Waals surface area contributed by atoms with Crippen LogP contribution < -0.4 is 4.74 Å². The molecule has 3 atom stereocenters. The molecule has 1 aliphatic carbocycles. The Morgan fingerprint density at radius 2 is 2.06 bits per heavy atom. The van der Waals surface area contributed by atoms with Crippen LogP contribution >= 0.6 is 0 Å². The van der Waals surface area contributed by atoms with Gasteiger partial charge in [-0.2, -0.15) is 0 Å². The quantitative estimate of drug-likeness (QED) is 0.762. The Bertz CT molecular complexity index is 431. The van der Waals surface area contributed by atoms with E-state index in [2.05, 4.69) is 13.8 Å². The molecule has 0 amide bonds. The van der Waals surface area contributed by atoms with E-state index in [0.717, 1.165) is 19.3 Å². The summed E-state index contributed by atoms with van der Waals surface area (Å²) in [6.07, 6.45) is 3.79. The molecule has 2 rings (SSSR count). The van der Waals surface area contributed by atoms with Crippen molar-refractivity contribution in [2.24, 2.45) is 11.8 Å². The molecule has 98 valence electrons. The first kappa shape index (κ1) is 13.1. The number of benzene rings is 1. The average molecular weight is 250 g/mol. The van der Waals surface area contributed by atoms with Gasteiger partial charge in [0, 0.05) is 5.56 Å². The van der Waals surface area contributed by atoms with Crippen LogP contribution in [0.2, 0.25) is 0 Å². The van der Waals surface area contributed by atoms with Crippen molar-refractivity contribution < 1.29 is 13.9 Å². The zero-order valence-corrected chi connectivity index (χ0v) is 10.9. The summed E-state index contributed by atoms with van der Waals surface area (Å²) in [5.74, 6) is 1.13. The molecule has 0 radical (unpaired) electrons. The lowest BCUT2D eigenvalue weighted by Crippen LogP contribution is -2.29. The average Bonchev–Trinajstić information content (AvgIpc) is 2.36. The van der Waals surface area contributed by atoms with Crippen molar-refractivity contribution in [1.29, 1.82) is 0 Å². The van der Waals surface area contributed by atoms with Crippen LogP contribution in [0.1, 0.15) is 43.5 Å². The van der Waals surface area contributed by atoms with Crippen LogP contribution in [0, 0.1) is 17.7 Å². The molecule has 0 heterocycles. The van der Waals surface area contributed by atoms with Gasteiger partial charge in [-0.3, -0.25) is 4.79 Å². The minimum absolute atomic E-state index is 0.0905. The van der Waals surface area contributed by atoms with Gasteiger partial charge in [0.05, 0.1) is 6.10 Å². The summed E-state index contributed by atoms with van der Waals surface area (Å²) in [6.45, 7) is 4.46. The lowest BCUT2D eigenvalue weighted by Gasteiger charge is -2.32. The molecule has 0 spiro atoms. The van der Waals surface area contributed by atoms with E-state index in [9.17, 15) is 9.18 Å². The molecule has 1 aromatic rings. The second kappa shape index (κ2) is 5.51. The van der Waals surface area contributed by atoms with Gasteiger partial charge in [0.15, 0.2) is 11.6 Å². The SMILES string of the molecule is CC1CCC(Oc2ccc(C=O)cc2F)CC1C. The zero-order chi connectivity index (χ0) is 13.1. The number of aldehydes is 1. The summed E-state index contributed by atoms with van der Waals surface area (Å²) < 4.78 is 19.4. The fourth-order valence-electron chi connectivity index (χ4n) is 2.47. The molecule has 1 saturated carbocycles. The van der Waals surface area contributed by atoms with Gasteiger partial charge < -0.3 is 4.74 Å². The largest absolute Gasteiger partial charge is 0.487 e. The molecular formula is C15H19FO2. The van der Waals surface area contributed by atoms with Crippen molar-refractivity contribution in [3.05, 3.63) is 29.6 Å². The normalized spacial score (nSPS) is 27.8. The molecule has 1 aliphatic rings. The second-order valence-electron chi connectivity index (χ2n) is 5.32. The number of carbonyl (C=O) groups excluding carboxylic acids is 1. The third-order valence-electron chi connectivity index (χ3n) is 3.94. The summed E-state index contributed by atoms with van der Waals surface area (Å²) >= 11 is 0. The zero-order valence-electron chi connectivity index (χ0n) is 10.9. The summed E-state index contributed by atoms with van der Waals surface area (Å²) in [5.41, 5.74) is 0.338. The van der Waals surface area contributed by atoms with E-state index in [4.69, 9.17) is 4.74 Å². The minimum Gasteiger partial charge on any atom is -0.487 e. The molecule has 1 fully saturated rings. The van der Waals surface area contributed by atoms with Crippen molar-refractivity contribution in [2.45, 2.75) is 39.2 Å². The number of halogens is 1. The second-order valence-corrected chi connectivity index (χ2v) is 5.32. The summed E-state index contributed by atoms with van der Waals surface area (Å²) in [6, 6.07) is 4.35. The van der Waals surface area contributed by atoms with Crippen LogP contribution in [0.4, 0.5) is 4.39 Å². The maximum Gasteiger partial charge on any atom is 0.165 e. The lowest BCUT2D eigenvalue weighted by molar-refractivity contribution is 0.0967. The van der Waals surface area contributed by atoms with Crippen molar-refractivity contribution >= 4 is 6.29 Å². The maximum absolute atomic E-state index is 13.7. The highest BCUT2D eigenvalue weighted by molar-refractivity contribution is 5.74. The number of ether oxygens (including phenoxy) is 1. The Kier molecular flexibility index (Phi) is 4.00. The van der Waals surface area contributed by atoms with Gasteiger partial charge in [-0.1, -0.05) is 13.8 Å². The maximum atomic E-state index is 13.7. The molecular weight excluding hydrogens is 231 g/mol. The van der Waals surface area contributed by atoms with E-state index < -0.39 is 5.82 Å². The van der Waals surface area contributed by atoms with Crippen LogP contribution in [-0.2, 0) is 0 Å². The monoisotopic (exact) mass is 250 g/mol. The molecule has 18 heavy (non-hydrogen) atoms. The van der Waals surface area contributed by atoms with E-state index in [-0.39, 0.29) is 11.9 Å². The molecule has 0 aromatic heterocycles. The topological polar surface area (TPSA) is 26.3 Å². The van der Waals surface area contributed by atoms with E-state index in [1.54, 1.807) is 12.1 Å². The van der Waals surface area contributed by atoms with Crippen molar-refractivity contribution in [2.75, 3.05) is 0 Å². The number of carbonyl (C=O) groups is 1. The van der Waals surface area contributed by atoms with Crippen LogP contribution in [0.15, 0.2) is 18.2 Å². The van der Waals surface area contributed by atoms with Gasteiger partial charge in [-0.25, -0.2) is 4.39 Å². The minimum atomic E-state index is -0.453. The summed E-state index contributed by atoms with van der Waals surface area (Å²) in [5, 5.41) is 0. The van der Waals surface area contributed by atoms with Gasteiger partial charge in [0.1, 0.15) is 6.29 Å². The molecule has 1 aromatic carbocycles. The van der Waals surface area contributed by atoms with Gasteiger partial charge >= 0.3 is 0 Å². The number of rotatable bonds is 3. The third kappa shape index (κ3) is 2.89. The van der Waals surface area contributed by atoms with E-state index in [0.29, 0.717) is 23.7 Å². The molecule has 3 heteroatoms. The van der Waals surface area contributed by atoms with Crippen molar-refractivity contribution in [3.8, 4) is 5.75 Å². The fraction of sp³-hybridized carbons (Fsp3) is 0.533. The molecule has 0 aliphatic heterocycles. The van der Waals surface area contributed by atoms with Crippen molar-refractivity contribution in [3.63, 3.8) is 0 Å². The first-order chi connectivity index (χ1) is 8.60. The van der Waals surface area contributed by atoms with Crippen LogP contribution in [0.3, 0.4) is 0 Å². The van der Waals surface area contributed by atoms with Crippen LogP contribution in [0.5, 0.6) is 5.75 Å². The van der Waals surface area contributed by atoms with Gasteiger partial charge in [0.25, 0.3) is 0 Å². The summed E-state index contributed by atoms with van der Waals surface area (Å²) in [7, 11) is 0. The molecule has 2 nitrogen and oxygen atoms in total. The third-order valence-corrected chi connectivity index (χ3v) is 3.94. The standard InChI is InChI=1S/C15H19FO2/c1-10-3-5-13(7-11(10)2)18-15-6-4-12(9-17)8-14(15)16/h4,6,8-11,13H,3,5,7H2,1-2H3. The fourth-order valence-corrected chi connectivity index (χ4v) is 2.47. The molecule has 0 bridgehead atoms. The first-order valence-corrected chi connectivity index (χ1v) is 6.51. The van der Waals surface area contributed by atoms with Crippen LogP contribution in [0.25, 0.3) is 0 Å². The Morgan fingerprint density at radius 1 is 1.28 bits per heavy atom. The predicted molar refractivity (Wildman–Crippen MR) is 68.4 cm³/mol. The number of hydrogen-bond acceptors (Lipinski definition) is 2. The van der Waals surface area contributed by atoms with Gasteiger partial charge in [0.2, 0.25) is 0 Å². The lowest BCUT2D eigenvalue weighted by atomic mass is 9.80. The Hall–Kier alpha value is -1.38. The van der Waals surface area contributed by atoms with Crippen LogP contribution in [-0.4, -0.2) is 12.4 Å². The summed E-state index contributed by atoms with van der Waals surface area (Å²) in [4.78, 5) is 10.5. The smallest absolute Gasteiger partial charge is 0.165 e.